The molecule has 0 fully saturated rings. The highest BCUT2D eigenvalue weighted by Crippen LogP contribution is 2.30. The highest BCUT2D eigenvalue weighted by atomic mass is 127. The van der Waals surface area contributed by atoms with Crippen LogP contribution < -0.4 is 15.4 Å². The van der Waals surface area contributed by atoms with Gasteiger partial charge in [0.1, 0.15) is 11.6 Å². The van der Waals surface area contributed by atoms with Crippen molar-refractivity contribution in [3.8, 4) is 5.75 Å². The standard InChI is InChI=1S/C21H36FN3O2.HI/c1-4-21(5-2,13-15-26)17-25-20(23-6-3)24-14-7-8-16-27-19-11-9-18(22)10-12-19;/h9-12,26H,4-8,13-17H2,1-3H3,(H2,23,24,25);1H. The van der Waals surface area contributed by atoms with E-state index in [0.29, 0.717) is 18.9 Å². The fraction of sp³-hybridized carbons (Fsp3) is 0.667. The lowest BCUT2D eigenvalue weighted by atomic mass is 9.79. The zero-order valence-electron chi connectivity index (χ0n) is 17.5. The summed E-state index contributed by atoms with van der Waals surface area (Å²) in [5, 5.41) is 16.0. The molecule has 0 aliphatic rings. The van der Waals surface area contributed by atoms with Crippen molar-refractivity contribution in [3.63, 3.8) is 0 Å². The second-order valence-corrected chi connectivity index (χ2v) is 6.81. The Hall–Kier alpha value is -1.09. The first-order valence-electron chi connectivity index (χ1n) is 10.1. The van der Waals surface area contributed by atoms with Crippen LogP contribution in [0, 0.1) is 11.2 Å². The van der Waals surface area contributed by atoms with Crippen molar-refractivity contribution in [2.45, 2.75) is 52.9 Å². The van der Waals surface area contributed by atoms with Gasteiger partial charge in [-0.05, 0) is 68.7 Å². The second-order valence-electron chi connectivity index (χ2n) is 6.81. The van der Waals surface area contributed by atoms with Crippen LogP contribution in [0.2, 0.25) is 0 Å². The van der Waals surface area contributed by atoms with E-state index in [2.05, 4.69) is 24.5 Å². The van der Waals surface area contributed by atoms with Gasteiger partial charge in [0.25, 0.3) is 0 Å². The zero-order chi connectivity index (χ0) is 20.0. The zero-order valence-corrected chi connectivity index (χ0v) is 19.8. The van der Waals surface area contributed by atoms with Crippen LogP contribution in [0.5, 0.6) is 5.75 Å². The van der Waals surface area contributed by atoms with Crippen LogP contribution >= 0.6 is 24.0 Å². The molecule has 5 nitrogen and oxygen atoms in total. The number of aliphatic imine (C=N–C) groups is 1. The molecule has 0 radical (unpaired) electrons. The smallest absolute Gasteiger partial charge is 0.191 e. The number of aliphatic hydroxyl groups excluding tert-OH is 1. The van der Waals surface area contributed by atoms with Gasteiger partial charge in [0.15, 0.2) is 5.96 Å². The van der Waals surface area contributed by atoms with Crippen molar-refractivity contribution < 1.29 is 14.2 Å². The molecule has 7 heteroatoms. The van der Waals surface area contributed by atoms with E-state index in [1.165, 1.54) is 12.1 Å². The summed E-state index contributed by atoms with van der Waals surface area (Å²) in [6.07, 6.45) is 4.65. The fourth-order valence-corrected chi connectivity index (χ4v) is 2.89. The first-order chi connectivity index (χ1) is 13.1. The van der Waals surface area contributed by atoms with Gasteiger partial charge in [-0.2, -0.15) is 0 Å². The van der Waals surface area contributed by atoms with E-state index in [1.54, 1.807) is 12.1 Å². The van der Waals surface area contributed by atoms with Crippen LogP contribution in [0.25, 0.3) is 0 Å². The SMILES string of the molecule is CCNC(=NCC(CC)(CC)CCO)NCCCCOc1ccc(F)cc1.I. The lowest BCUT2D eigenvalue weighted by Crippen LogP contribution is -2.39. The van der Waals surface area contributed by atoms with Crippen LogP contribution in [0.4, 0.5) is 4.39 Å². The highest BCUT2D eigenvalue weighted by molar-refractivity contribution is 14.0. The Kier molecular flexibility index (Phi) is 15.2. The lowest BCUT2D eigenvalue weighted by molar-refractivity contribution is 0.175. The number of guanidine groups is 1. The van der Waals surface area contributed by atoms with Crippen LogP contribution in [0.15, 0.2) is 29.3 Å². The summed E-state index contributed by atoms with van der Waals surface area (Å²) in [4.78, 5) is 4.74. The van der Waals surface area contributed by atoms with Gasteiger partial charge in [-0.15, -0.1) is 24.0 Å². The average Bonchev–Trinajstić information content (AvgIpc) is 2.69. The minimum Gasteiger partial charge on any atom is -0.494 e. The third kappa shape index (κ3) is 10.5. The van der Waals surface area contributed by atoms with E-state index in [-0.39, 0.29) is 41.8 Å². The summed E-state index contributed by atoms with van der Waals surface area (Å²) in [5.74, 6) is 1.26. The molecule has 0 saturated carbocycles. The van der Waals surface area contributed by atoms with Gasteiger partial charge in [0.2, 0.25) is 0 Å². The Morgan fingerprint density at radius 3 is 2.36 bits per heavy atom. The average molecular weight is 509 g/mol. The molecular formula is C21H37FIN3O2. The van der Waals surface area contributed by atoms with Crippen LogP contribution in [-0.2, 0) is 0 Å². The Labute approximate surface area is 186 Å². The van der Waals surface area contributed by atoms with Crippen LogP contribution in [0.3, 0.4) is 0 Å². The van der Waals surface area contributed by atoms with E-state index in [1.807, 2.05) is 6.92 Å². The summed E-state index contributed by atoms with van der Waals surface area (Å²) in [5.41, 5.74) is 0.0695. The number of aliphatic hydroxyl groups is 1. The number of ether oxygens (including phenoxy) is 1. The van der Waals surface area contributed by atoms with Crippen LogP contribution in [0.1, 0.15) is 52.9 Å². The molecule has 28 heavy (non-hydrogen) atoms. The summed E-state index contributed by atoms with van der Waals surface area (Å²) in [7, 11) is 0. The Balaban J connectivity index is 0.00000729. The van der Waals surface area contributed by atoms with Gasteiger partial charge in [-0.25, -0.2) is 4.39 Å². The molecule has 0 unspecified atom stereocenters. The number of hydrogen-bond acceptors (Lipinski definition) is 3. The molecule has 0 aliphatic heterocycles. The molecule has 1 rings (SSSR count). The number of halogens is 2. The first-order valence-corrected chi connectivity index (χ1v) is 10.1. The van der Waals surface area contributed by atoms with E-state index in [0.717, 1.165) is 51.2 Å². The largest absolute Gasteiger partial charge is 0.494 e. The summed E-state index contributed by atoms with van der Waals surface area (Å²) in [6.45, 7) is 9.51. The van der Waals surface area contributed by atoms with Crippen LogP contribution in [-0.4, -0.2) is 43.9 Å². The quantitative estimate of drug-likeness (QED) is 0.160. The predicted molar refractivity (Wildman–Crippen MR) is 125 cm³/mol. The minimum absolute atomic E-state index is 0. The maximum absolute atomic E-state index is 12.8. The maximum atomic E-state index is 12.8. The molecule has 0 atom stereocenters. The third-order valence-corrected chi connectivity index (χ3v) is 5.00. The number of benzene rings is 1. The molecule has 1 aromatic carbocycles. The number of rotatable bonds is 13. The topological polar surface area (TPSA) is 65.9 Å². The van der Waals surface area contributed by atoms with Crippen molar-refractivity contribution in [3.05, 3.63) is 30.1 Å². The minimum atomic E-state index is -0.254. The Bertz CT molecular complexity index is 537. The molecule has 162 valence electrons. The summed E-state index contributed by atoms with van der Waals surface area (Å²) < 4.78 is 18.4. The second kappa shape index (κ2) is 15.8. The van der Waals surface area contributed by atoms with E-state index in [9.17, 15) is 9.50 Å². The highest BCUT2D eigenvalue weighted by Gasteiger charge is 2.25. The number of unbranched alkanes of at least 4 members (excludes halogenated alkanes) is 1. The molecular weight excluding hydrogens is 472 g/mol. The molecule has 0 heterocycles. The molecule has 1 aromatic rings. The van der Waals surface area contributed by atoms with Gasteiger partial charge < -0.3 is 20.5 Å². The van der Waals surface area contributed by atoms with Gasteiger partial charge in [0.05, 0.1) is 6.61 Å². The van der Waals surface area contributed by atoms with Crippen molar-refractivity contribution >= 4 is 29.9 Å². The predicted octanol–water partition coefficient (Wildman–Crippen LogP) is 4.35. The number of nitrogens with one attached hydrogen (secondary N) is 2. The molecule has 0 aromatic heterocycles. The van der Waals surface area contributed by atoms with Gasteiger partial charge in [-0.1, -0.05) is 13.8 Å². The monoisotopic (exact) mass is 509 g/mol. The molecule has 0 amide bonds. The first kappa shape index (κ1) is 26.9. The fourth-order valence-electron chi connectivity index (χ4n) is 2.89. The Morgan fingerprint density at radius 2 is 1.79 bits per heavy atom. The molecule has 0 aliphatic carbocycles. The lowest BCUT2D eigenvalue weighted by Gasteiger charge is -2.29. The maximum Gasteiger partial charge on any atom is 0.191 e. The van der Waals surface area contributed by atoms with Crippen molar-refractivity contribution in [2.24, 2.45) is 10.4 Å². The van der Waals surface area contributed by atoms with Gasteiger partial charge >= 0.3 is 0 Å². The van der Waals surface area contributed by atoms with Gasteiger partial charge in [0, 0.05) is 26.2 Å². The molecule has 0 saturated heterocycles. The summed E-state index contributed by atoms with van der Waals surface area (Å²) in [6, 6.07) is 6.09. The van der Waals surface area contributed by atoms with Gasteiger partial charge in [-0.3, -0.25) is 4.99 Å². The third-order valence-electron chi connectivity index (χ3n) is 5.00. The summed E-state index contributed by atoms with van der Waals surface area (Å²) >= 11 is 0. The Morgan fingerprint density at radius 1 is 1.11 bits per heavy atom. The molecule has 0 bridgehead atoms. The van der Waals surface area contributed by atoms with Crippen molar-refractivity contribution in [1.29, 1.82) is 0 Å². The normalized spacial score (nSPS) is 11.7. The van der Waals surface area contributed by atoms with Crippen molar-refractivity contribution in [2.75, 3.05) is 32.8 Å². The van der Waals surface area contributed by atoms with E-state index in [4.69, 9.17) is 9.73 Å². The number of hydrogen-bond donors (Lipinski definition) is 3. The number of nitrogens with zero attached hydrogens (tertiary/aromatic N) is 1. The van der Waals surface area contributed by atoms with Crippen molar-refractivity contribution in [1.82, 2.24) is 10.6 Å². The van der Waals surface area contributed by atoms with E-state index < -0.39 is 0 Å². The van der Waals surface area contributed by atoms with E-state index >= 15 is 0 Å². The molecule has 3 N–H and O–H groups in total. The molecule has 0 spiro atoms.